The summed E-state index contributed by atoms with van der Waals surface area (Å²) < 4.78 is 13.2. The number of rotatable bonds is 6. The van der Waals surface area contributed by atoms with Crippen LogP contribution in [0.2, 0.25) is 0 Å². The summed E-state index contributed by atoms with van der Waals surface area (Å²) in [6.45, 7) is 0. The van der Waals surface area contributed by atoms with Gasteiger partial charge in [0.25, 0.3) is 0 Å². The summed E-state index contributed by atoms with van der Waals surface area (Å²) in [4.78, 5) is 2.34. The second kappa shape index (κ2) is 12.6. The number of fused-ring (bicyclic) bond motifs is 7. The van der Waals surface area contributed by atoms with E-state index >= 15 is 0 Å². The molecule has 0 saturated carbocycles. The fourth-order valence-corrected chi connectivity index (χ4v) is 8.25. The van der Waals surface area contributed by atoms with Gasteiger partial charge in [0.1, 0.15) is 22.3 Å². The molecular weight excluding hydrogens is 671 g/mol. The van der Waals surface area contributed by atoms with Gasteiger partial charge >= 0.3 is 0 Å². The van der Waals surface area contributed by atoms with Crippen molar-refractivity contribution in [1.82, 2.24) is 0 Å². The number of hydrogen-bond acceptors (Lipinski definition) is 3. The van der Waals surface area contributed by atoms with E-state index < -0.39 is 0 Å². The molecule has 11 rings (SSSR count). The third kappa shape index (κ3) is 5.20. The van der Waals surface area contributed by atoms with E-state index in [0.717, 1.165) is 77.6 Å². The first kappa shape index (κ1) is 31.2. The van der Waals surface area contributed by atoms with Crippen molar-refractivity contribution < 1.29 is 8.83 Å². The Kier molecular flexibility index (Phi) is 7.17. The zero-order valence-corrected chi connectivity index (χ0v) is 29.8. The van der Waals surface area contributed by atoms with Gasteiger partial charge in [-0.1, -0.05) is 133 Å². The van der Waals surface area contributed by atoms with Crippen molar-refractivity contribution in [1.29, 1.82) is 0 Å². The Bertz CT molecular complexity index is 3190. The van der Waals surface area contributed by atoms with Crippen molar-refractivity contribution in [2.24, 2.45) is 0 Å². The molecule has 55 heavy (non-hydrogen) atoms. The van der Waals surface area contributed by atoms with E-state index in [4.69, 9.17) is 8.83 Å². The standard InChI is InChI=1S/C52H33NO2/c1-3-13-34(14-4-1)41-29-30-47(51-44-20-10-12-22-49(44)55-52(41)51)53(40-27-28-43-42-19-9-11-21-48(42)54-50(43)33-40)39-25-23-36(24-26-39)46-32-38-18-8-7-17-37(38)31-45(46)35-15-5-2-6-16-35/h1-33H. The molecule has 9 aromatic carbocycles. The third-order valence-electron chi connectivity index (χ3n) is 10.9. The number of anilines is 3. The highest BCUT2D eigenvalue weighted by Crippen LogP contribution is 2.47. The lowest BCUT2D eigenvalue weighted by Gasteiger charge is -2.27. The van der Waals surface area contributed by atoms with Crippen molar-refractivity contribution >= 4 is 71.7 Å². The molecule has 2 heterocycles. The van der Waals surface area contributed by atoms with E-state index in [1.54, 1.807) is 0 Å². The second-order valence-corrected chi connectivity index (χ2v) is 14.1. The van der Waals surface area contributed by atoms with Gasteiger partial charge < -0.3 is 13.7 Å². The van der Waals surface area contributed by atoms with E-state index in [2.05, 4.69) is 181 Å². The van der Waals surface area contributed by atoms with Crippen LogP contribution in [0.15, 0.2) is 209 Å². The van der Waals surface area contributed by atoms with Gasteiger partial charge in [-0.15, -0.1) is 0 Å². The van der Waals surface area contributed by atoms with E-state index in [1.165, 1.54) is 27.5 Å². The van der Waals surface area contributed by atoms with Crippen LogP contribution in [-0.4, -0.2) is 0 Å². The number of hydrogen-bond donors (Lipinski definition) is 0. The smallest absolute Gasteiger partial charge is 0.145 e. The molecule has 2 aromatic heterocycles. The molecule has 0 saturated heterocycles. The van der Waals surface area contributed by atoms with Gasteiger partial charge in [0.2, 0.25) is 0 Å². The van der Waals surface area contributed by atoms with Gasteiger partial charge in [-0.3, -0.25) is 0 Å². The zero-order valence-electron chi connectivity index (χ0n) is 29.8. The third-order valence-corrected chi connectivity index (χ3v) is 10.9. The van der Waals surface area contributed by atoms with Crippen LogP contribution in [0.4, 0.5) is 17.1 Å². The van der Waals surface area contributed by atoms with E-state index in [9.17, 15) is 0 Å². The number of furan rings is 2. The van der Waals surface area contributed by atoms with E-state index in [0.29, 0.717) is 0 Å². The quantitative estimate of drug-likeness (QED) is 0.173. The van der Waals surface area contributed by atoms with Crippen LogP contribution in [0.5, 0.6) is 0 Å². The minimum Gasteiger partial charge on any atom is -0.456 e. The summed E-state index contributed by atoms with van der Waals surface area (Å²) in [6.07, 6.45) is 0. The SMILES string of the molecule is c1ccc(-c2cc3ccccc3cc2-c2ccc(N(c3ccc4c(c3)oc3ccccc34)c3ccc(-c4ccccc4)c4oc5ccccc5c34)cc2)cc1. The predicted molar refractivity (Wildman–Crippen MR) is 229 cm³/mol. The summed E-state index contributed by atoms with van der Waals surface area (Å²) in [5.41, 5.74) is 13.4. The van der Waals surface area contributed by atoms with Crippen LogP contribution in [-0.2, 0) is 0 Å². The van der Waals surface area contributed by atoms with Crippen LogP contribution in [0.25, 0.3) is 88.0 Å². The Morgan fingerprint density at radius 1 is 0.327 bits per heavy atom. The lowest BCUT2D eigenvalue weighted by Crippen LogP contribution is -2.10. The first-order valence-electron chi connectivity index (χ1n) is 18.7. The first-order valence-corrected chi connectivity index (χ1v) is 18.7. The highest BCUT2D eigenvalue weighted by molar-refractivity contribution is 6.17. The van der Waals surface area contributed by atoms with Gasteiger partial charge in [0.15, 0.2) is 0 Å². The molecular formula is C52H33NO2. The maximum absolute atomic E-state index is 6.73. The molecule has 0 aliphatic rings. The molecule has 3 heteroatoms. The van der Waals surface area contributed by atoms with Gasteiger partial charge in [-0.05, 0) is 99.3 Å². The highest BCUT2D eigenvalue weighted by atomic mass is 16.3. The molecule has 0 unspecified atom stereocenters. The van der Waals surface area contributed by atoms with Gasteiger partial charge in [-0.25, -0.2) is 0 Å². The van der Waals surface area contributed by atoms with Crippen molar-refractivity contribution in [3.05, 3.63) is 200 Å². The van der Waals surface area contributed by atoms with Crippen molar-refractivity contribution in [2.75, 3.05) is 4.90 Å². The lowest BCUT2D eigenvalue weighted by molar-refractivity contribution is 0.669. The second-order valence-electron chi connectivity index (χ2n) is 14.1. The molecule has 0 fully saturated rings. The zero-order chi connectivity index (χ0) is 36.3. The molecule has 11 aromatic rings. The molecule has 0 atom stereocenters. The Hall–Kier alpha value is -7.36. The largest absolute Gasteiger partial charge is 0.456 e. The fraction of sp³-hybridized carbons (Fsp3) is 0. The average Bonchev–Trinajstić information content (AvgIpc) is 3.83. The Balaban J connectivity index is 1.14. The number of para-hydroxylation sites is 2. The Morgan fingerprint density at radius 2 is 0.855 bits per heavy atom. The highest BCUT2D eigenvalue weighted by Gasteiger charge is 2.23. The average molecular weight is 704 g/mol. The molecule has 0 N–H and O–H groups in total. The van der Waals surface area contributed by atoms with Crippen LogP contribution in [0.1, 0.15) is 0 Å². The van der Waals surface area contributed by atoms with Crippen molar-refractivity contribution in [2.45, 2.75) is 0 Å². The van der Waals surface area contributed by atoms with E-state index in [1.807, 2.05) is 24.3 Å². The van der Waals surface area contributed by atoms with Gasteiger partial charge in [0, 0.05) is 39.2 Å². The molecule has 0 aliphatic heterocycles. The summed E-state index contributed by atoms with van der Waals surface area (Å²) in [7, 11) is 0. The maximum Gasteiger partial charge on any atom is 0.145 e. The van der Waals surface area contributed by atoms with Gasteiger partial charge in [-0.2, -0.15) is 0 Å². The van der Waals surface area contributed by atoms with Crippen LogP contribution < -0.4 is 4.90 Å². The maximum atomic E-state index is 6.73. The first-order chi connectivity index (χ1) is 27.3. The molecule has 3 nitrogen and oxygen atoms in total. The molecule has 258 valence electrons. The molecule has 0 spiro atoms. The molecule has 0 bridgehead atoms. The normalized spacial score (nSPS) is 11.6. The summed E-state index contributed by atoms with van der Waals surface area (Å²) in [6, 6.07) is 70.9. The van der Waals surface area contributed by atoms with E-state index in [-0.39, 0.29) is 0 Å². The van der Waals surface area contributed by atoms with Crippen LogP contribution in [0.3, 0.4) is 0 Å². The lowest BCUT2D eigenvalue weighted by atomic mass is 9.91. The fourth-order valence-electron chi connectivity index (χ4n) is 8.25. The summed E-state index contributed by atoms with van der Waals surface area (Å²) in [5.74, 6) is 0. The van der Waals surface area contributed by atoms with Crippen molar-refractivity contribution in [3.63, 3.8) is 0 Å². The van der Waals surface area contributed by atoms with Crippen molar-refractivity contribution in [3.8, 4) is 33.4 Å². The minimum atomic E-state index is 0.846. The topological polar surface area (TPSA) is 29.5 Å². The minimum absolute atomic E-state index is 0.846. The molecule has 0 aliphatic carbocycles. The summed E-state index contributed by atoms with van der Waals surface area (Å²) in [5, 5.41) is 6.78. The van der Waals surface area contributed by atoms with Crippen LogP contribution in [0, 0.1) is 0 Å². The Labute approximate surface area is 317 Å². The molecule has 0 radical (unpaired) electrons. The monoisotopic (exact) mass is 703 g/mol. The summed E-state index contributed by atoms with van der Waals surface area (Å²) >= 11 is 0. The Morgan fingerprint density at radius 3 is 1.55 bits per heavy atom. The number of benzene rings is 9. The predicted octanol–water partition coefficient (Wildman–Crippen LogP) is 15.1. The number of nitrogens with zero attached hydrogens (tertiary/aromatic N) is 1. The van der Waals surface area contributed by atoms with Crippen LogP contribution >= 0.6 is 0 Å². The van der Waals surface area contributed by atoms with Gasteiger partial charge in [0.05, 0.1) is 11.1 Å². The molecule has 0 amide bonds.